The molecule has 14 heteroatoms. The van der Waals surface area contributed by atoms with Crippen LogP contribution in [0.2, 0.25) is 0 Å². The number of alkyl halides is 3. The van der Waals surface area contributed by atoms with Crippen molar-refractivity contribution in [3.8, 4) is 17.1 Å². The number of rotatable bonds is 4. The first-order valence-corrected chi connectivity index (χ1v) is 14.7. The molecule has 2 aromatic carbocycles. The zero-order valence-corrected chi connectivity index (χ0v) is 23.5. The topological polar surface area (TPSA) is 92.4 Å². The number of piperazine rings is 1. The lowest BCUT2D eigenvalue weighted by Gasteiger charge is -2.35. The van der Waals surface area contributed by atoms with Gasteiger partial charge in [-0.2, -0.15) is 23.1 Å². The number of aromatic nitrogens is 3. The van der Waals surface area contributed by atoms with Crippen LogP contribution in [0.1, 0.15) is 31.2 Å². The highest BCUT2D eigenvalue weighted by molar-refractivity contribution is 7.22. The molecule has 2 aromatic heterocycles. The molecule has 5 heterocycles. The molecule has 222 valence electrons. The van der Waals surface area contributed by atoms with Gasteiger partial charge < -0.3 is 25.6 Å². The molecule has 2 bridgehead atoms. The summed E-state index contributed by atoms with van der Waals surface area (Å²) in [6, 6.07) is 3.22. The van der Waals surface area contributed by atoms with Gasteiger partial charge in [0, 0.05) is 54.8 Å². The average molecular weight is 606 g/mol. The zero-order chi connectivity index (χ0) is 29.3. The molecule has 42 heavy (non-hydrogen) atoms. The van der Waals surface area contributed by atoms with Crippen molar-refractivity contribution in [2.75, 3.05) is 43.9 Å². The molecule has 0 aliphatic carbocycles. The number of anilines is 2. The Bertz CT molecular complexity index is 1680. The van der Waals surface area contributed by atoms with Crippen molar-refractivity contribution in [2.24, 2.45) is 0 Å². The predicted octanol–water partition coefficient (Wildman–Crippen LogP) is 5.20. The molecular formula is C28H28F5N7OS. The summed E-state index contributed by atoms with van der Waals surface area (Å²) in [6.07, 6.45) is -1.86. The Morgan fingerprint density at radius 1 is 1.00 bits per heavy atom. The normalized spacial score (nSPS) is 22.0. The molecule has 4 aromatic rings. The fourth-order valence-corrected chi connectivity index (χ4v) is 7.15. The molecule has 3 N–H and O–H groups in total. The van der Waals surface area contributed by atoms with Gasteiger partial charge in [0.1, 0.15) is 23.3 Å². The molecule has 0 amide bonds. The van der Waals surface area contributed by atoms with E-state index in [0.717, 1.165) is 55.5 Å². The molecule has 3 saturated heterocycles. The molecule has 3 fully saturated rings. The van der Waals surface area contributed by atoms with Crippen LogP contribution in [-0.4, -0.2) is 71.3 Å². The number of nitrogens with one attached hydrogen (secondary N) is 1. The van der Waals surface area contributed by atoms with E-state index in [1.807, 2.05) is 11.9 Å². The largest absolute Gasteiger partial charge is 0.460 e. The predicted molar refractivity (Wildman–Crippen MR) is 151 cm³/mol. The van der Waals surface area contributed by atoms with E-state index in [4.69, 9.17) is 10.5 Å². The van der Waals surface area contributed by atoms with Gasteiger partial charge in [0.15, 0.2) is 10.9 Å². The number of halogens is 5. The Morgan fingerprint density at radius 2 is 1.71 bits per heavy atom. The van der Waals surface area contributed by atoms with Crippen LogP contribution in [-0.2, 0) is 6.18 Å². The highest BCUT2D eigenvalue weighted by Gasteiger charge is 2.40. The molecule has 2 atom stereocenters. The van der Waals surface area contributed by atoms with Gasteiger partial charge in [-0.15, -0.1) is 0 Å². The van der Waals surface area contributed by atoms with E-state index < -0.39 is 28.9 Å². The molecular weight excluding hydrogens is 577 g/mol. The number of fused-ring (bicyclic) bond motifs is 4. The number of nitrogen functional groups attached to an aromatic ring is 1. The Hall–Kier alpha value is -3.36. The van der Waals surface area contributed by atoms with Crippen LogP contribution in [0.5, 0.6) is 6.01 Å². The summed E-state index contributed by atoms with van der Waals surface area (Å²) in [5.41, 5.74) is 3.14. The first-order chi connectivity index (χ1) is 20.0. The molecule has 0 spiro atoms. The van der Waals surface area contributed by atoms with Gasteiger partial charge in [-0.05, 0) is 50.9 Å². The Kier molecular flexibility index (Phi) is 6.62. The van der Waals surface area contributed by atoms with E-state index in [1.54, 1.807) is 0 Å². The minimum atomic E-state index is -4.95. The van der Waals surface area contributed by atoms with Crippen LogP contribution in [0.3, 0.4) is 0 Å². The minimum absolute atomic E-state index is 0.0436. The average Bonchev–Trinajstić information content (AvgIpc) is 3.51. The van der Waals surface area contributed by atoms with Crippen LogP contribution < -0.4 is 20.7 Å². The quantitative estimate of drug-likeness (QED) is 0.307. The maximum absolute atomic E-state index is 16.7. The smallest absolute Gasteiger partial charge is 0.417 e. The van der Waals surface area contributed by atoms with E-state index in [2.05, 4.69) is 25.2 Å². The van der Waals surface area contributed by atoms with Crippen molar-refractivity contribution in [2.45, 2.75) is 50.0 Å². The van der Waals surface area contributed by atoms with Gasteiger partial charge in [-0.3, -0.25) is 0 Å². The lowest BCUT2D eigenvalue weighted by atomic mass is 9.95. The molecule has 8 nitrogen and oxygen atoms in total. The monoisotopic (exact) mass is 605 g/mol. The first-order valence-electron chi connectivity index (χ1n) is 13.9. The lowest BCUT2D eigenvalue weighted by Crippen LogP contribution is -2.51. The summed E-state index contributed by atoms with van der Waals surface area (Å²) in [5.74, 6) is -1.70. The number of benzene rings is 2. The number of piperidine rings is 1. The van der Waals surface area contributed by atoms with Crippen molar-refractivity contribution < 1.29 is 26.7 Å². The SMILES string of the molecule is CN1CCC(Oc2nc(N3CC4CCC(C3)N4)c3cc(C(F)(F)F)c(-c4ccc(F)c5sc(N)nc45)c(F)c3n2)CC1. The third kappa shape index (κ3) is 4.78. The maximum Gasteiger partial charge on any atom is 0.417 e. The van der Waals surface area contributed by atoms with Crippen LogP contribution in [0.4, 0.5) is 32.9 Å². The fourth-order valence-electron chi connectivity index (χ4n) is 6.39. The first kappa shape index (κ1) is 27.5. The van der Waals surface area contributed by atoms with Crippen LogP contribution >= 0.6 is 11.3 Å². The summed E-state index contributed by atoms with van der Waals surface area (Å²) < 4.78 is 81.4. The van der Waals surface area contributed by atoms with Crippen LogP contribution in [0, 0.1) is 11.6 Å². The van der Waals surface area contributed by atoms with Crippen molar-refractivity contribution in [1.29, 1.82) is 0 Å². The summed E-state index contributed by atoms with van der Waals surface area (Å²) in [6.45, 7) is 2.63. The van der Waals surface area contributed by atoms with Gasteiger partial charge in [0.2, 0.25) is 0 Å². The van der Waals surface area contributed by atoms with E-state index in [-0.39, 0.29) is 61.8 Å². The number of hydrogen-bond acceptors (Lipinski definition) is 9. The number of hydrogen-bond donors (Lipinski definition) is 2. The molecule has 2 unspecified atom stereocenters. The number of ether oxygens (including phenoxy) is 1. The number of likely N-dealkylation sites (tertiary alicyclic amines) is 1. The molecule has 3 aliphatic rings. The van der Waals surface area contributed by atoms with E-state index in [1.165, 1.54) is 0 Å². The van der Waals surface area contributed by atoms with Crippen LogP contribution in [0.15, 0.2) is 18.2 Å². The van der Waals surface area contributed by atoms with Gasteiger partial charge in [-0.25, -0.2) is 13.8 Å². The summed E-state index contributed by atoms with van der Waals surface area (Å²) in [4.78, 5) is 17.1. The van der Waals surface area contributed by atoms with Gasteiger partial charge >= 0.3 is 12.2 Å². The lowest BCUT2D eigenvalue weighted by molar-refractivity contribution is -0.137. The second-order valence-electron chi connectivity index (χ2n) is 11.3. The number of nitrogens with zero attached hydrogens (tertiary/aromatic N) is 5. The number of thiazole rings is 1. The van der Waals surface area contributed by atoms with E-state index in [9.17, 15) is 17.6 Å². The van der Waals surface area contributed by atoms with E-state index in [0.29, 0.717) is 25.9 Å². The fraction of sp³-hybridized carbons (Fsp3) is 0.464. The molecule has 0 saturated carbocycles. The van der Waals surface area contributed by atoms with Crippen molar-refractivity contribution in [3.63, 3.8) is 0 Å². The summed E-state index contributed by atoms with van der Waals surface area (Å²) >= 11 is 0.786. The Labute approximate surface area is 241 Å². The second kappa shape index (κ2) is 10.1. The van der Waals surface area contributed by atoms with Crippen molar-refractivity contribution in [1.82, 2.24) is 25.2 Å². The third-order valence-electron chi connectivity index (χ3n) is 8.43. The second-order valence-corrected chi connectivity index (χ2v) is 12.4. The minimum Gasteiger partial charge on any atom is -0.460 e. The van der Waals surface area contributed by atoms with Crippen molar-refractivity contribution in [3.05, 3.63) is 35.4 Å². The highest BCUT2D eigenvalue weighted by atomic mass is 32.1. The number of nitrogens with two attached hydrogens (primary N) is 1. The zero-order valence-electron chi connectivity index (χ0n) is 22.6. The third-order valence-corrected chi connectivity index (χ3v) is 9.32. The molecule has 7 rings (SSSR count). The maximum atomic E-state index is 16.7. The van der Waals surface area contributed by atoms with Crippen LogP contribution in [0.25, 0.3) is 32.2 Å². The Morgan fingerprint density at radius 3 is 2.40 bits per heavy atom. The summed E-state index contributed by atoms with van der Waals surface area (Å²) in [5, 5.41) is 3.40. The Balaban J connectivity index is 1.46. The van der Waals surface area contributed by atoms with Crippen molar-refractivity contribution >= 4 is 43.4 Å². The standard InChI is InChI=1S/C28H28F5N7OS/c1-39-8-6-15(7-9-39)41-27-37-22-17(25(38-27)40-11-13-2-3-14(12-40)35-13)10-18(28(31,32)33)20(21(22)30)16-4-5-19(29)24-23(16)36-26(34)42-24/h4-5,10,13-15,35H,2-3,6-9,11-12H2,1H3,(H2,34,36). The molecule has 3 aliphatic heterocycles. The van der Waals surface area contributed by atoms with Gasteiger partial charge in [0.25, 0.3) is 0 Å². The van der Waals surface area contributed by atoms with Gasteiger partial charge in [0.05, 0.1) is 15.8 Å². The van der Waals surface area contributed by atoms with E-state index >= 15 is 4.39 Å². The highest BCUT2D eigenvalue weighted by Crippen LogP contribution is 2.46. The van der Waals surface area contributed by atoms with Gasteiger partial charge in [-0.1, -0.05) is 11.3 Å². The summed E-state index contributed by atoms with van der Waals surface area (Å²) in [7, 11) is 2.01. The molecule has 0 radical (unpaired) electrons.